The smallest absolute Gasteiger partial charge is 0.269 e. The van der Waals surface area contributed by atoms with E-state index in [-0.39, 0.29) is 23.6 Å². The molecule has 0 aliphatic heterocycles. The van der Waals surface area contributed by atoms with E-state index >= 15 is 0 Å². The lowest BCUT2D eigenvalue weighted by Gasteiger charge is -2.20. The SMILES string of the molecule is CCCCCCC(=O)NNC(=O)c1ccc(NC(=O)C2CCCCC2)cc1. The van der Waals surface area contributed by atoms with Crippen LogP contribution in [0.15, 0.2) is 24.3 Å². The molecule has 6 heteroatoms. The fourth-order valence-electron chi connectivity index (χ4n) is 3.29. The van der Waals surface area contributed by atoms with E-state index in [9.17, 15) is 14.4 Å². The minimum atomic E-state index is -0.373. The summed E-state index contributed by atoms with van der Waals surface area (Å²) in [6.07, 6.45) is 9.82. The van der Waals surface area contributed by atoms with E-state index in [1.54, 1.807) is 24.3 Å². The molecule has 27 heavy (non-hydrogen) atoms. The highest BCUT2D eigenvalue weighted by Crippen LogP contribution is 2.25. The average molecular weight is 373 g/mol. The quantitative estimate of drug-likeness (QED) is 0.476. The number of carbonyl (C=O) groups is 3. The van der Waals surface area contributed by atoms with Crippen molar-refractivity contribution >= 4 is 23.4 Å². The van der Waals surface area contributed by atoms with Gasteiger partial charge >= 0.3 is 0 Å². The Morgan fingerprint density at radius 2 is 1.63 bits per heavy atom. The van der Waals surface area contributed by atoms with Gasteiger partial charge in [0.05, 0.1) is 0 Å². The first-order valence-corrected chi connectivity index (χ1v) is 10.1. The summed E-state index contributed by atoms with van der Waals surface area (Å²) in [5.74, 6) is -0.408. The molecular weight excluding hydrogens is 342 g/mol. The van der Waals surface area contributed by atoms with Gasteiger partial charge in [-0.25, -0.2) is 0 Å². The van der Waals surface area contributed by atoms with Gasteiger partial charge in [-0.2, -0.15) is 0 Å². The molecular formula is C21H31N3O3. The molecule has 0 unspecified atom stereocenters. The third-order valence-electron chi connectivity index (χ3n) is 4.96. The van der Waals surface area contributed by atoms with Crippen LogP contribution < -0.4 is 16.2 Å². The summed E-state index contributed by atoms with van der Waals surface area (Å²) < 4.78 is 0. The standard InChI is InChI=1S/C21H31N3O3/c1-2-3-4-8-11-19(25)23-24-21(27)17-12-14-18(15-13-17)22-20(26)16-9-6-5-7-10-16/h12-16H,2-11H2,1H3,(H,22,26)(H,23,25)(H,24,27). The molecule has 0 radical (unpaired) electrons. The Morgan fingerprint density at radius 1 is 0.926 bits per heavy atom. The number of nitrogens with one attached hydrogen (secondary N) is 3. The van der Waals surface area contributed by atoms with Crippen LogP contribution >= 0.6 is 0 Å². The minimum absolute atomic E-state index is 0.0576. The topological polar surface area (TPSA) is 87.3 Å². The number of benzene rings is 1. The largest absolute Gasteiger partial charge is 0.326 e. The monoisotopic (exact) mass is 373 g/mol. The van der Waals surface area contributed by atoms with Gasteiger partial charge in [-0.3, -0.25) is 25.2 Å². The highest BCUT2D eigenvalue weighted by Gasteiger charge is 2.21. The second-order valence-corrected chi connectivity index (χ2v) is 7.21. The summed E-state index contributed by atoms with van der Waals surface area (Å²) in [7, 11) is 0. The Balaban J connectivity index is 1.74. The van der Waals surface area contributed by atoms with Gasteiger partial charge in [-0.05, 0) is 43.5 Å². The second kappa shape index (κ2) is 11.4. The van der Waals surface area contributed by atoms with Crippen molar-refractivity contribution in [2.75, 3.05) is 5.32 Å². The van der Waals surface area contributed by atoms with Crippen molar-refractivity contribution in [3.05, 3.63) is 29.8 Å². The van der Waals surface area contributed by atoms with Crippen LogP contribution in [0.4, 0.5) is 5.69 Å². The van der Waals surface area contributed by atoms with E-state index in [4.69, 9.17) is 0 Å². The maximum Gasteiger partial charge on any atom is 0.269 e. The molecule has 1 aromatic rings. The molecule has 0 aromatic heterocycles. The fraction of sp³-hybridized carbons (Fsp3) is 0.571. The van der Waals surface area contributed by atoms with E-state index in [0.717, 1.165) is 51.4 Å². The van der Waals surface area contributed by atoms with Gasteiger partial charge in [0.25, 0.3) is 5.91 Å². The number of hydrogen-bond donors (Lipinski definition) is 3. The van der Waals surface area contributed by atoms with Crippen molar-refractivity contribution in [1.29, 1.82) is 0 Å². The molecule has 3 amide bonds. The van der Waals surface area contributed by atoms with Crippen molar-refractivity contribution in [1.82, 2.24) is 10.9 Å². The van der Waals surface area contributed by atoms with Crippen molar-refractivity contribution in [2.24, 2.45) is 5.92 Å². The van der Waals surface area contributed by atoms with Crippen molar-refractivity contribution < 1.29 is 14.4 Å². The maximum absolute atomic E-state index is 12.3. The lowest BCUT2D eigenvalue weighted by molar-refractivity contribution is -0.122. The number of rotatable bonds is 8. The lowest BCUT2D eigenvalue weighted by Crippen LogP contribution is -2.41. The van der Waals surface area contributed by atoms with Crippen LogP contribution in [0.25, 0.3) is 0 Å². The predicted octanol–water partition coefficient (Wildman–Crippen LogP) is 3.94. The predicted molar refractivity (Wildman–Crippen MR) is 106 cm³/mol. The van der Waals surface area contributed by atoms with E-state index < -0.39 is 0 Å². The molecule has 1 fully saturated rings. The molecule has 6 nitrogen and oxygen atoms in total. The molecule has 3 N–H and O–H groups in total. The summed E-state index contributed by atoms with van der Waals surface area (Å²) in [5.41, 5.74) is 5.98. The zero-order valence-corrected chi connectivity index (χ0v) is 16.2. The molecule has 0 bridgehead atoms. The van der Waals surface area contributed by atoms with Gasteiger partial charge in [-0.15, -0.1) is 0 Å². The Labute approximate surface area is 161 Å². The molecule has 148 valence electrons. The van der Waals surface area contributed by atoms with Crippen molar-refractivity contribution in [2.45, 2.75) is 71.1 Å². The zero-order chi connectivity index (χ0) is 19.5. The molecule has 0 atom stereocenters. The maximum atomic E-state index is 12.3. The number of carbonyl (C=O) groups excluding carboxylic acids is 3. The second-order valence-electron chi connectivity index (χ2n) is 7.21. The summed E-state index contributed by atoms with van der Waals surface area (Å²) in [6, 6.07) is 6.70. The van der Waals surface area contributed by atoms with Gasteiger partial charge in [0, 0.05) is 23.6 Å². The number of anilines is 1. The molecule has 2 rings (SSSR count). The van der Waals surface area contributed by atoms with Crippen LogP contribution in [0.5, 0.6) is 0 Å². The number of unbranched alkanes of at least 4 members (excludes halogenated alkanes) is 3. The summed E-state index contributed by atoms with van der Waals surface area (Å²) in [4.78, 5) is 36.0. The first-order valence-electron chi connectivity index (χ1n) is 10.1. The first-order chi connectivity index (χ1) is 13.1. The molecule has 1 aliphatic carbocycles. The van der Waals surface area contributed by atoms with Crippen LogP contribution in [-0.2, 0) is 9.59 Å². The summed E-state index contributed by atoms with van der Waals surface area (Å²) in [5, 5.41) is 2.92. The first kappa shape index (κ1) is 20.9. The number of hydrogen-bond acceptors (Lipinski definition) is 3. The summed E-state index contributed by atoms with van der Waals surface area (Å²) >= 11 is 0. The number of amides is 3. The Bertz CT molecular complexity index is 622. The van der Waals surface area contributed by atoms with Crippen molar-refractivity contribution in [3.8, 4) is 0 Å². The van der Waals surface area contributed by atoms with Crippen LogP contribution in [0.2, 0.25) is 0 Å². The fourth-order valence-corrected chi connectivity index (χ4v) is 3.29. The Hall–Kier alpha value is -2.37. The molecule has 1 aliphatic rings. The minimum Gasteiger partial charge on any atom is -0.326 e. The highest BCUT2D eigenvalue weighted by molar-refractivity contribution is 5.97. The molecule has 1 aromatic carbocycles. The van der Waals surface area contributed by atoms with Gasteiger partial charge < -0.3 is 5.32 Å². The normalized spacial score (nSPS) is 14.4. The number of hydrazine groups is 1. The van der Waals surface area contributed by atoms with Gasteiger partial charge in [-0.1, -0.05) is 45.4 Å². The van der Waals surface area contributed by atoms with E-state index in [1.165, 1.54) is 6.42 Å². The lowest BCUT2D eigenvalue weighted by atomic mass is 9.88. The summed E-state index contributed by atoms with van der Waals surface area (Å²) in [6.45, 7) is 2.12. The Morgan fingerprint density at radius 3 is 2.30 bits per heavy atom. The average Bonchev–Trinajstić information content (AvgIpc) is 2.70. The molecule has 1 saturated carbocycles. The van der Waals surface area contributed by atoms with Crippen molar-refractivity contribution in [3.63, 3.8) is 0 Å². The zero-order valence-electron chi connectivity index (χ0n) is 16.2. The van der Waals surface area contributed by atoms with Gasteiger partial charge in [0.1, 0.15) is 0 Å². The third kappa shape index (κ3) is 7.41. The molecule has 0 saturated heterocycles. The molecule has 0 spiro atoms. The van der Waals surface area contributed by atoms with Gasteiger partial charge in [0.15, 0.2) is 0 Å². The van der Waals surface area contributed by atoms with E-state index in [2.05, 4.69) is 23.1 Å². The van der Waals surface area contributed by atoms with Crippen LogP contribution in [-0.4, -0.2) is 17.7 Å². The van der Waals surface area contributed by atoms with Crippen LogP contribution in [0.3, 0.4) is 0 Å². The highest BCUT2D eigenvalue weighted by atomic mass is 16.2. The van der Waals surface area contributed by atoms with Crippen LogP contribution in [0.1, 0.15) is 81.5 Å². The third-order valence-corrected chi connectivity index (χ3v) is 4.96. The van der Waals surface area contributed by atoms with E-state index in [1.807, 2.05) is 0 Å². The van der Waals surface area contributed by atoms with Gasteiger partial charge in [0.2, 0.25) is 11.8 Å². The Kier molecular flexibility index (Phi) is 8.81. The van der Waals surface area contributed by atoms with E-state index in [0.29, 0.717) is 17.7 Å². The van der Waals surface area contributed by atoms with Crippen LogP contribution in [0, 0.1) is 5.92 Å². The molecule has 0 heterocycles.